The molecule has 174 valence electrons. The number of hydrogen-bond acceptors (Lipinski definition) is 5. The normalized spacial score (nSPS) is 23.3. The average Bonchev–Trinajstić information content (AvgIpc) is 3.46. The third-order valence-corrected chi connectivity index (χ3v) is 8.75. The minimum atomic E-state index is -3.36. The van der Waals surface area contributed by atoms with Gasteiger partial charge in [0.1, 0.15) is 19.0 Å². The van der Waals surface area contributed by atoms with Crippen LogP contribution in [0.15, 0.2) is 42.6 Å². The molecule has 2 atom stereocenters. The summed E-state index contributed by atoms with van der Waals surface area (Å²) in [6.07, 6.45) is 3.92. The van der Waals surface area contributed by atoms with Crippen LogP contribution in [0, 0.1) is 5.82 Å². The van der Waals surface area contributed by atoms with E-state index in [0.29, 0.717) is 57.1 Å². The highest BCUT2D eigenvalue weighted by Crippen LogP contribution is 2.40. The highest BCUT2D eigenvalue weighted by atomic mass is 32.2. The van der Waals surface area contributed by atoms with Crippen LogP contribution < -0.4 is 14.2 Å². The van der Waals surface area contributed by atoms with Crippen molar-refractivity contribution in [1.82, 2.24) is 14.6 Å². The number of nitrogens with one attached hydrogen (secondary N) is 2. The zero-order valence-corrected chi connectivity index (χ0v) is 18.9. The number of nitrogens with zero attached hydrogens (tertiary/aromatic N) is 1. The number of aromatic nitrogens is 1. The standard InChI is InChI=1S/C24H26FN3O4S/c25-18-11-15-5-7-26-23(15)17(12-18)14-28-8-6-20(27-33(29,30)19-2-3-19)24(28)16-1-4-21-22(13-16)32-10-9-31-21/h1,4-5,7,11-13,19-20,24,26-27H,2-3,6,8-10,14H2/t20-,24?/m0/s1. The van der Waals surface area contributed by atoms with Gasteiger partial charge in [0.05, 0.1) is 16.8 Å². The molecule has 7 nitrogen and oxygen atoms in total. The first-order chi connectivity index (χ1) is 16.0. The Morgan fingerprint density at radius 3 is 2.70 bits per heavy atom. The lowest BCUT2D eigenvalue weighted by Gasteiger charge is -2.30. The van der Waals surface area contributed by atoms with Crippen LogP contribution in [-0.2, 0) is 16.6 Å². The van der Waals surface area contributed by atoms with E-state index in [4.69, 9.17) is 9.47 Å². The van der Waals surface area contributed by atoms with Crippen LogP contribution in [0.4, 0.5) is 4.39 Å². The van der Waals surface area contributed by atoms with Gasteiger partial charge < -0.3 is 14.5 Å². The summed E-state index contributed by atoms with van der Waals surface area (Å²) in [5.41, 5.74) is 2.71. The molecule has 6 rings (SSSR count). The summed E-state index contributed by atoms with van der Waals surface area (Å²) >= 11 is 0. The fourth-order valence-corrected chi connectivity index (χ4v) is 6.70. The number of hydrogen-bond donors (Lipinski definition) is 2. The molecule has 1 aromatic heterocycles. The summed E-state index contributed by atoms with van der Waals surface area (Å²) < 4.78 is 54.3. The molecule has 1 saturated carbocycles. The molecule has 2 aliphatic heterocycles. The summed E-state index contributed by atoms with van der Waals surface area (Å²) in [4.78, 5) is 5.44. The first-order valence-electron chi connectivity index (χ1n) is 11.4. The zero-order valence-electron chi connectivity index (χ0n) is 18.1. The Labute approximate surface area is 191 Å². The Bertz CT molecular complexity index is 1300. The fraction of sp³-hybridized carbons (Fsp3) is 0.417. The maximum absolute atomic E-state index is 14.3. The SMILES string of the molecule is O=S(=O)(N[C@H]1CCN(Cc2cc(F)cc3cc[nH]c23)C1c1ccc2c(c1)OCCO2)C1CC1. The van der Waals surface area contributed by atoms with Gasteiger partial charge in [-0.2, -0.15) is 0 Å². The number of sulfonamides is 1. The van der Waals surface area contributed by atoms with Crippen LogP contribution in [0.1, 0.15) is 36.4 Å². The molecule has 3 aromatic rings. The molecule has 9 heteroatoms. The number of fused-ring (bicyclic) bond motifs is 2. The van der Waals surface area contributed by atoms with Gasteiger partial charge in [-0.05, 0) is 60.7 Å². The topological polar surface area (TPSA) is 83.7 Å². The molecule has 1 unspecified atom stereocenters. The minimum Gasteiger partial charge on any atom is -0.486 e. The van der Waals surface area contributed by atoms with Gasteiger partial charge in [-0.3, -0.25) is 4.90 Å². The molecular formula is C24H26FN3O4S. The Balaban J connectivity index is 1.36. The van der Waals surface area contributed by atoms with Crippen molar-refractivity contribution in [2.45, 2.75) is 43.1 Å². The number of ether oxygens (including phenoxy) is 2. The van der Waals surface area contributed by atoms with Gasteiger partial charge in [-0.1, -0.05) is 6.07 Å². The summed E-state index contributed by atoms with van der Waals surface area (Å²) in [6.45, 7) is 2.18. The van der Waals surface area contributed by atoms with E-state index >= 15 is 0 Å². The minimum absolute atomic E-state index is 0.206. The Morgan fingerprint density at radius 1 is 1.06 bits per heavy atom. The van der Waals surface area contributed by atoms with Gasteiger partial charge in [-0.15, -0.1) is 0 Å². The second-order valence-electron chi connectivity index (χ2n) is 9.08. The summed E-state index contributed by atoms with van der Waals surface area (Å²) in [6, 6.07) is 10.3. The van der Waals surface area contributed by atoms with Gasteiger partial charge in [0.15, 0.2) is 11.5 Å². The van der Waals surface area contributed by atoms with E-state index in [1.807, 2.05) is 30.5 Å². The Kier molecular flexibility index (Phi) is 5.08. The van der Waals surface area contributed by atoms with E-state index in [2.05, 4.69) is 14.6 Å². The van der Waals surface area contributed by atoms with E-state index in [9.17, 15) is 12.8 Å². The van der Waals surface area contributed by atoms with Crippen molar-refractivity contribution in [1.29, 1.82) is 0 Å². The molecule has 3 aliphatic rings. The van der Waals surface area contributed by atoms with Crippen LogP contribution >= 0.6 is 0 Å². The molecule has 0 radical (unpaired) electrons. The largest absolute Gasteiger partial charge is 0.486 e. The van der Waals surface area contributed by atoms with Crippen molar-refractivity contribution in [2.75, 3.05) is 19.8 Å². The van der Waals surface area contributed by atoms with E-state index in [-0.39, 0.29) is 23.2 Å². The van der Waals surface area contributed by atoms with E-state index in [1.54, 1.807) is 6.07 Å². The Hall–Kier alpha value is -2.62. The van der Waals surface area contributed by atoms with Gasteiger partial charge in [-0.25, -0.2) is 17.5 Å². The lowest BCUT2D eigenvalue weighted by molar-refractivity contribution is 0.170. The number of benzene rings is 2. The van der Waals surface area contributed by atoms with Crippen molar-refractivity contribution >= 4 is 20.9 Å². The first-order valence-corrected chi connectivity index (χ1v) is 12.9. The van der Waals surface area contributed by atoms with Gasteiger partial charge in [0.25, 0.3) is 0 Å². The van der Waals surface area contributed by atoms with E-state index in [0.717, 1.165) is 22.0 Å². The van der Waals surface area contributed by atoms with Gasteiger partial charge in [0.2, 0.25) is 10.0 Å². The molecule has 2 fully saturated rings. The van der Waals surface area contributed by atoms with Crippen molar-refractivity contribution in [3.63, 3.8) is 0 Å². The van der Waals surface area contributed by atoms with Crippen LogP contribution in [-0.4, -0.2) is 49.4 Å². The maximum atomic E-state index is 14.3. The summed E-state index contributed by atoms with van der Waals surface area (Å²) in [5, 5.41) is 0.542. The number of rotatable bonds is 6. The molecule has 1 aliphatic carbocycles. The molecule has 3 heterocycles. The zero-order chi connectivity index (χ0) is 22.6. The lowest BCUT2D eigenvalue weighted by atomic mass is 9.99. The van der Waals surface area contributed by atoms with Crippen LogP contribution in [0.3, 0.4) is 0 Å². The Morgan fingerprint density at radius 2 is 1.88 bits per heavy atom. The quantitative estimate of drug-likeness (QED) is 0.575. The smallest absolute Gasteiger partial charge is 0.214 e. The predicted molar refractivity (Wildman–Crippen MR) is 122 cm³/mol. The van der Waals surface area contributed by atoms with Crippen molar-refractivity contribution in [3.8, 4) is 11.5 Å². The molecule has 2 aromatic carbocycles. The number of halogens is 1. The molecule has 0 bridgehead atoms. The van der Waals surface area contributed by atoms with E-state index in [1.165, 1.54) is 6.07 Å². The van der Waals surface area contributed by atoms with Gasteiger partial charge >= 0.3 is 0 Å². The highest BCUT2D eigenvalue weighted by molar-refractivity contribution is 7.90. The maximum Gasteiger partial charge on any atom is 0.214 e. The number of aromatic amines is 1. The van der Waals surface area contributed by atoms with Crippen molar-refractivity contribution in [3.05, 3.63) is 59.5 Å². The van der Waals surface area contributed by atoms with Crippen LogP contribution in [0.25, 0.3) is 10.9 Å². The highest BCUT2D eigenvalue weighted by Gasteiger charge is 2.42. The van der Waals surface area contributed by atoms with Crippen LogP contribution in [0.5, 0.6) is 11.5 Å². The number of H-pyrrole nitrogens is 1. The molecule has 33 heavy (non-hydrogen) atoms. The lowest BCUT2D eigenvalue weighted by Crippen LogP contribution is -2.41. The van der Waals surface area contributed by atoms with Crippen molar-refractivity contribution < 1.29 is 22.3 Å². The number of likely N-dealkylation sites (tertiary alicyclic amines) is 1. The monoisotopic (exact) mass is 471 g/mol. The molecule has 0 spiro atoms. The first kappa shape index (κ1) is 20.9. The third-order valence-electron chi connectivity index (χ3n) is 6.77. The molecule has 0 amide bonds. The second kappa shape index (κ2) is 8.00. The summed E-state index contributed by atoms with van der Waals surface area (Å²) in [7, 11) is -3.36. The molecular weight excluding hydrogens is 445 g/mol. The summed E-state index contributed by atoms with van der Waals surface area (Å²) in [5.74, 6) is 1.09. The average molecular weight is 472 g/mol. The third kappa shape index (κ3) is 3.98. The van der Waals surface area contributed by atoms with Crippen molar-refractivity contribution in [2.24, 2.45) is 0 Å². The molecule has 2 N–H and O–H groups in total. The van der Waals surface area contributed by atoms with E-state index < -0.39 is 10.0 Å². The fourth-order valence-electron chi connectivity index (χ4n) is 5.08. The predicted octanol–water partition coefficient (Wildman–Crippen LogP) is 3.48. The molecule has 1 saturated heterocycles. The van der Waals surface area contributed by atoms with Crippen LogP contribution in [0.2, 0.25) is 0 Å². The second-order valence-corrected chi connectivity index (χ2v) is 11.1. The van der Waals surface area contributed by atoms with Gasteiger partial charge in [0, 0.05) is 30.7 Å².